The topological polar surface area (TPSA) is 92.5 Å². The predicted molar refractivity (Wildman–Crippen MR) is 102 cm³/mol. The van der Waals surface area contributed by atoms with Crippen LogP contribution in [0.4, 0.5) is 17.6 Å². The van der Waals surface area contributed by atoms with E-state index in [4.69, 9.17) is 17.3 Å². The molecule has 0 saturated heterocycles. The number of nitrogens with two attached hydrogens (primary N) is 1. The third-order valence-electron chi connectivity index (χ3n) is 3.31. The van der Waals surface area contributed by atoms with E-state index >= 15 is 0 Å². The Balaban J connectivity index is 0.000000219. The largest absolute Gasteiger partial charge is 0.368 e. The first kappa shape index (κ1) is 16.7. The molecule has 2 aromatic heterocycles. The Kier molecular flexibility index (Phi) is 5.11. The van der Waals surface area contributed by atoms with Crippen LogP contribution in [0.15, 0.2) is 60.7 Å². The summed E-state index contributed by atoms with van der Waals surface area (Å²) in [5.74, 6) is 1.69. The molecule has 25 heavy (non-hydrogen) atoms. The highest BCUT2D eigenvalue weighted by Crippen LogP contribution is 2.23. The van der Waals surface area contributed by atoms with Crippen LogP contribution in [0, 0.1) is 6.92 Å². The number of para-hydroxylation sites is 1. The number of fused-ring (bicyclic) bond motifs is 1. The van der Waals surface area contributed by atoms with Gasteiger partial charge < -0.3 is 11.1 Å². The van der Waals surface area contributed by atoms with Crippen molar-refractivity contribution < 1.29 is 0 Å². The minimum atomic E-state index is 0.243. The highest BCUT2D eigenvalue weighted by Gasteiger charge is 2.06. The first-order valence-electron chi connectivity index (χ1n) is 7.63. The van der Waals surface area contributed by atoms with Gasteiger partial charge in [-0.15, -0.1) is 0 Å². The zero-order valence-electron chi connectivity index (χ0n) is 13.6. The first-order chi connectivity index (χ1) is 12.1. The third kappa shape index (κ3) is 4.45. The van der Waals surface area contributed by atoms with Crippen LogP contribution in [-0.4, -0.2) is 20.2 Å². The number of aromatic amines is 1. The van der Waals surface area contributed by atoms with Gasteiger partial charge in [0.1, 0.15) is 11.6 Å². The van der Waals surface area contributed by atoms with Gasteiger partial charge in [0.25, 0.3) is 0 Å². The maximum atomic E-state index is 5.70. The van der Waals surface area contributed by atoms with Crippen LogP contribution in [0.5, 0.6) is 0 Å². The number of aryl methyl sites for hydroxylation is 1. The van der Waals surface area contributed by atoms with Gasteiger partial charge in [-0.25, -0.2) is 4.98 Å². The van der Waals surface area contributed by atoms with Crippen molar-refractivity contribution in [1.82, 2.24) is 20.2 Å². The van der Waals surface area contributed by atoms with Crippen molar-refractivity contribution in [2.24, 2.45) is 0 Å². The van der Waals surface area contributed by atoms with E-state index in [9.17, 15) is 0 Å². The van der Waals surface area contributed by atoms with E-state index < -0.39 is 0 Å². The van der Waals surface area contributed by atoms with Crippen LogP contribution >= 0.6 is 11.6 Å². The number of H-pyrrole nitrogens is 1. The molecule has 0 aliphatic heterocycles. The molecule has 0 aliphatic carbocycles. The molecule has 4 rings (SSSR count). The fourth-order valence-corrected chi connectivity index (χ4v) is 2.36. The molecule has 0 fully saturated rings. The van der Waals surface area contributed by atoms with Crippen molar-refractivity contribution in [2.75, 3.05) is 11.1 Å². The van der Waals surface area contributed by atoms with Gasteiger partial charge in [0.15, 0.2) is 0 Å². The Bertz CT molecular complexity index is 968. The van der Waals surface area contributed by atoms with Gasteiger partial charge in [-0.2, -0.15) is 10.1 Å². The lowest BCUT2D eigenvalue weighted by atomic mass is 10.2. The van der Waals surface area contributed by atoms with Gasteiger partial charge in [0, 0.05) is 16.5 Å². The number of nitrogens with one attached hydrogen (secondary N) is 2. The molecular formula is C18H17ClN6. The van der Waals surface area contributed by atoms with E-state index in [2.05, 4.69) is 25.5 Å². The van der Waals surface area contributed by atoms with Gasteiger partial charge in [0.2, 0.25) is 5.95 Å². The summed E-state index contributed by atoms with van der Waals surface area (Å²) in [4.78, 5) is 8.40. The first-order valence-corrected chi connectivity index (χ1v) is 8.01. The molecule has 2 aromatic carbocycles. The summed E-state index contributed by atoms with van der Waals surface area (Å²) in [5, 5.41) is 11.8. The van der Waals surface area contributed by atoms with E-state index in [1.54, 1.807) is 0 Å². The fourth-order valence-electron chi connectivity index (χ4n) is 2.22. The number of hydrogen-bond donors (Lipinski definition) is 3. The average molecular weight is 353 g/mol. The molecule has 7 heteroatoms. The standard InChI is InChI=1S/C12H12N6.C6H5Cl/c1-7-6-10(18-17-7)15-11-8-4-2-3-5-9(8)14-12(13)16-11;7-6-4-2-1-3-5-6/h2-6H,1H3,(H4,13,14,15,16,17,18);1-5H. The second-order valence-corrected chi connectivity index (χ2v) is 5.73. The highest BCUT2D eigenvalue weighted by atomic mass is 35.5. The number of halogens is 1. The number of anilines is 3. The second kappa shape index (κ2) is 7.63. The third-order valence-corrected chi connectivity index (χ3v) is 3.56. The normalized spacial score (nSPS) is 10.2. The van der Waals surface area contributed by atoms with Crippen molar-refractivity contribution in [3.63, 3.8) is 0 Å². The number of nitrogen functional groups attached to an aromatic ring is 1. The van der Waals surface area contributed by atoms with Crippen molar-refractivity contribution in [2.45, 2.75) is 6.92 Å². The van der Waals surface area contributed by atoms with E-state index in [1.165, 1.54) is 0 Å². The lowest BCUT2D eigenvalue weighted by Gasteiger charge is -2.07. The summed E-state index contributed by atoms with van der Waals surface area (Å²) in [7, 11) is 0. The smallest absolute Gasteiger partial charge is 0.222 e. The predicted octanol–water partition coefficient (Wildman–Crippen LogP) is 4.33. The van der Waals surface area contributed by atoms with E-state index in [0.717, 1.165) is 27.4 Å². The molecule has 0 unspecified atom stereocenters. The second-order valence-electron chi connectivity index (χ2n) is 5.29. The zero-order chi connectivity index (χ0) is 17.6. The molecular weight excluding hydrogens is 336 g/mol. The van der Waals surface area contributed by atoms with Gasteiger partial charge in [-0.05, 0) is 31.2 Å². The molecule has 6 nitrogen and oxygen atoms in total. The van der Waals surface area contributed by atoms with Gasteiger partial charge in [0.05, 0.1) is 11.2 Å². The quantitative estimate of drug-likeness (QED) is 0.499. The van der Waals surface area contributed by atoms with Crippen molar-refractivity contribution in [3.05, 3.63) is 71.4 Å². The van der Waals surface area contributed by atoms with Crippen LogP contribution in [0.25, 0.3) is 10.9 Å². The molecule has 0 saturated carbocycles. The summed E-state index contributed by atoms with van der Waals surface area (Å²) < 4.78 is 0. The number of rotatable bonds is 2. The Morgan fingerprint density at radius 3 is 2.36 bits per heavy atom. The van der Waals surface area contributed by atoms with Crippen molar-refractivity contribution in [3.8, 4) is 0 Å². The molecule has 4 N–H and O–H groups in total. The molecule has 0 aliphatic rings. The Morgan fingerprint density at radius 1 is 1.00 bits per heavy atom. The minimum absolute atomic E-state index is 0.243. The summed E-state index contributed by atoms with van der Waals surface area (Å²) in [5.41, 5.74) is 7.41. The molecule has 0 spiro atoms. The van der Waals surface area contributed by atoms with Crippen molar-refractivity contribution in [1.29, 1.82) is 0 Å². The fraction of sp³-hybridized carbons (Fsp3) is 0.0556. The number of nitrogens with zero attached hydrogens (tertiary/aromatic N) is 3. The molecule has 2 heterocycles. The van der Waals surface area contributed by atoms with Crippen LogP contribution < -0.4 is 11.1 Å². The maximum Gasteiger partial charge on any atom is 0.222 e. The van der Waals surface area contributed by atoms with Crippen molar-refractivity contribution >= 4 is 40.1 Å². The average Bonchev–Trinajstić information content (AvgIpc) is 3.01. The Hall–Kier alpha value is -3.12. The van der Waals surface area contributed by atoms with Gasteiger partial charge >= 0.3 is 0 Å². The van der Waals surface area contributed by atoms with Crippen LogP contribution in [0.2, 0.25) is 5.02 Å². The SMILES string of the molecule is Cc1cc(Nc2nc(N)nc3ccccc23)[nH]n1.Clc1ccccc1. The highest BCUT2D eigenvalue weighted by molar-refractivity contribution is 6.30. The van der Waals surface area contributed by atoms with Crippen LogP contribution in [0.3, 0.4) is 0 Å². The van der Waals surface area contributed by atoms with E-state index in [1.807, 2.05) is 67.6 Å². The molecule has 126 valence electrons. The van der Waals surface area contributed by atoms with Gasteiger partial charge in [-0.3, -0.25) is 5.10 Å². The molecule has 0 bridgehead atoms. The lowest BCUT2D eigenvalue weighted by molar-refractivity contribution is 1.05. The number of aromatic nitrogens is 4. The number of benzene rings is 2. The summed E-state index contributed by atoms with van der Waals surface area (Å²) in [6.07, 6.45) is 0. The van der Waals surface area contributed by atoms with Crippen LogP contribution in [-0.2, 0) is 0 Å². The molecule has 0 amide bonds. The molecule has 0 atom stereocenters. The Labute approximate surface area is 150 Å². The van der Waals surface area contributed by atoms with E-state index in [-0.39, 0.29) is 5.95 Å². The zero-order valence-corrected chi connectivity index (χ0v) is 14.3. The summed E-state index contributed by atoms with van der Waals surface area (Å²) in [6.45, 7) is 1.91. The monoisotopic (exact) mass is 352 g/mol. The Morgan fingerprint density at radius 2 is 1.72 bits per heavy atom. The molecule has 4 aromatic rings. The maximum absolute atomic E-state index is 5.70. The lowest BCUT2D eigenvalue weighted by Crippen LogP contribution is -2.01. The molecule has 0 radical (unpaired) electrons. The summed E-state index contributed by atoms with van der Waals surface area (Å²) in [6, 6.07) is 19.0. The number of hydrogen-bond acceptors (Lipinski definition) is 5. The summed E-state index contributed by atoms with van der Waals surface area (Å²) >= 11 is 5.54. The van der Waals surface area contributed by atoms with E-state index in [0.29, 0.717) is 5.82 Å². The van der Waals surface area contributed by atoms with Gasteiger partial charge in [-0.1, -0.05) is 41.9 Å². The minimum Gasteiger partial charge on any atom is -0.368 e. The van der Waals surface area contributed by atoms with Crippen LogP contribution in [0.1, 0.15) is 5.69 Å².